The Labute approximate surface area is 98.3 Å². The number of carboxylic acid groups (broad SMARTS) is 1. The van der Waals surface area contributed by atoms with Crippen LogP contribution in [-0.4, -0.2) is 16.1 Å². The lowest BCUT2D eigenvalue weighted by Gasteiger charge is -2.14. The van der Waals surface area contributed by atoms with E-state index < -0.39 is 41.9 Å². The number of halogens is 5. The van der Waals surface area contributed by atoms with Crippen molar-refractivity contribution in [2.45, 2.75) is 25.9 Å². The SMILES string of the molecule is Cc1cc(C(F)(F)F)nc(CC(=O)O)c1C(F)F. The Morgan fingerprint density at radius 3 is 2.39 bits per heavy atom. The summed E-state index contributed by atoms with van der Waals surface area (Å²) in [5, 5.41) is 8.49. The number of carbonyl (C=O) groups is 1. The molecule has 1 rings (SSSR count). The molecule has 0 radical (unpaired) electrons. The summed E-state index contributed by atoms with van der Waals surface area (Å²) in [6.45, 7) is 1.06. The molecule has 18 heavy (non-hydrogen) atoms. The lowest BCUT2D eigenvalue weighted by molar-refractivity contribution is -0.142. The first-order chi connectivity index (χ1) is 8.12. The Hall–Kier alpha value is -1.73. The molecule has 1 heterocycles. The fourth-order valence-electron chi connectivity index (χ4n) is 1.47. The number of nitrogens with zero attached hydrogens (tertiary/aromatic N) is 1. The Kier molecular flexibility index (Phi) is 3.88. The number of pyridine rings is 1. The molecule has 3 nitrogen and oxygen atoms in total. The van der Waals surface area contributed by atoms with E-state index in [9.17, 15) is 26.7 Å². The van der Waals surface area contributed by atoms with Gasteiger partial charge >= 0.3 is 12.1 Å². The van der Waals surface area contributed by atoms with E-state index in [-0.39, 0.29) is 5.56 Å². The third-order valence-corrected chi connectivity index (χ3v) is 2.17. The summed E-state index contributed by atoms with van der Waals surface area (Å²) in [5.74, 6) is -1.52. The van der Waals surface area contributed by atoms with Gasteiger partial charge in [0.05, 0.1) is 12.1 Å². The summed E-state index contributed by atoms with van der Waals surface area (Å²) >= 11 is 0. The number of aliphatic carboxylic acids is 1. The number of rotatable bonds is 3. The molecule has 1 aromatic rings. The second-order valence-electron chi connectivity index (χ2n) is 3.55. The summed E-state index contributed by atoms with van der Waals surface area (Å²) in [6.07, 6.45) is -8.86. The highest BCUT2D eigenvalue weighted by Gasteiger charge is 2.34. The minimum absolute atomic E-state index is 0.330. The van der Waals surface area contributed by atoms with Crippen LogP contribution in [-0.2, 0) is 17.4 Å². The van der Waals surface area contributed by atoms with E-state index in [0.717, 1.165) is 6.92 Å². The van der Waals surface area contributed by atoms with Crippen LogP contribution < -0.4 is 0 Å². The van der Waals surface area contributed by atoms with Gasteiger partial charge in [-0.2, -0.15) is 13.2 Å². The summed E-state index contributed by atoms with van der Waals surface area (Å²) in [4.78, 5) is 13.4. The molecule has 0 saturated heterocycles. The first kappa shape index (κ1) is 14.3. The molecule has 0 saturated carbocycles. The second-order valence-corrected chi connectivity index (χ2v) is 3.55. The van der Waals surface area contributed by atoms with Gasteiger partial charge in [0.15, 0.2) is 0 Å². The maximum Gasteiger partial charge on any atom is 0.433 e. The maximum absolute atomic E-state index is 12.7. The first-order valence-electron chi connectivity index (χ1n) is 4.70. The molecule has 0 amide bonds. The average molecular weight is 269 g/mol. The standard InChI is InChI=1S/C10H8F5NO2/c1-4-2-6(10(13,14)15)16-5(3-7(17)18)8(4)9(11)12/h2,9H,3H2,1H3,(H,17,18). The Bertz CT molecular complexity index is 470. The van der Waals surface area contributed by atoms with Crippen LogP contribution in [0.25, 0.3) is 0 Å². The minimum Gasteiger partial charge on any atom is -0.481 e. The summed E-state index contributed by atoms with van der Waals surface area (Å²) in [7, 11) is 0. The van der Waals surface area contributed by atoms with E-state index >= 15 is 0 Å². The van der Waals surface area contributed by atoms with Gasteiger partial charge in [-0.3, -0.25) is 4.79 Å². The Morgan fingerprint density at radius 1 is 1.44 bits per heavy atom. The van der Waals surface area contributed by atoms with E-state index in [2.05, 4.69) is 4.98 Å². The predicted octanol–water partition coefficient (Wildman–Crippen LogP) is 2.97. The monoisotopic (exact) mass is 269 g/mol. The van der Waals surface area contributed by atoms with E-state index in [4.69, 9.17) is 5.11 Å². The summed E-state index contributed by atoms with van der Waals surface area (Å²) in [5.41, 5.74) is -3.22. The summed E-state index contributed by atoms with van der Waals surface area (Å²) < 4.78 is 62.6. The molecular formula is C10H8F5NO2. The van der Waals surface area contributed by atoms with E-state index in [0.29, 0.717) is 6.07 Å². The minimum atomic E-state index is -4.81. The van der Waals surface area contributed by atoms with Crippen LogP contribution in [0.15, 0.2) is 6.07 Å². The van der Waals surface area contributed by atoms with Crippen molar-refractivity contribution >= 4 is 5.97 Å². The molecule has 0 fully saturated rings. The zero-order valence-electron chi connectivity index (χ0n) is 9.05. The molecule has 0 atom stereocenters. The maximum atomic E-state index is 12.7. The van der Waals surface area contributed by atoms with Gasteiger partial charge in [-0.1, -0.05) is 0 Å². The smallest absolute Gasteiger partial charge is 0.433 e. The van der Waals surface area contributed by atoms with E-state index in [1.807, 2.05) is 0 Å². The van der Waals surface area contributed by atoms with E-state index in [1.165, 1.54) is 0 Å². The average Bonchev–Trinajstić information content (AvgIpc) is 2.13. The highest BCUT2D eigenvalue weighted by molar-refractivity contribution is 5.70. The van der Waals surface area contributed by atoms with Gasteiger partial charge in [-0.25, -0.2) is 13.8 Å². The number of hydrogen-bond donors (Lipinski definition) is 1. The third kappa shape index (κ3) is 3.14. The van der Waals surface area contributed by atoms with Crippen LogP contribution in [0.1, 0.15) is 28.9 Å². The van der Waals surface area contributed by atoms with Crippen LogP contribution >= 0.6 is 0 Å². The molecule has 1 N–H and O–H groups in total. The Balaban J connectivity index is 3.42. The molecule has 0 aromatic carbocycles. The first-order valence-corrected chi connectivity index (χ1v) is 4.70. The molecule has 0 unspecified atom stereocenters. The van der Waals surface area contributed by atoms with Gasteiger partial charge in [0, 0.05) is 5.56 Å². The van der Waals surface area contributed by atoms with Gasteiger partial charge in [0.25, 0.3) is 6.43 Å². The molecule has 0 aliphatic carbocycles. The van der Waals surface area contributed by atoms with Crippen molar-refractivity contribution in [2.75, 3.05) is 0 Å². The van der Waals surface area contributed by atoms with Crippen LogP contribution in [0.2, 0.25) is 0 Å². The number of aromatic nitrogens is 1. The van der Waals surface area contributed by atoms with Gasteiger partial charge in [-0.05, 0) is 18.6 Å². The number of alkyl halides is 5. The number of carboxylic acids is 1. The fraction of sp³-hybridized carbons (Fsp3) is 0.400. The Morgan fingerprint density at radius 2 is 2.00 bits per heavy atom. The predicted molar refractivity (Wildman–Crippen MR) is 50.3 cm³/mol. The largest absolute Gasteiger partial charge is 0.481 e. The van der Waals surface area contributed by atoms with Gasteiger partial charge in [0.1, 0.15) is 5.69 Å². The van der Waals surface area contributed by atoms with Crippen LogP contribution in [0.5, 0.6) is 0 Å². The molecule has 0 spiro atoms. The third-order valence-electron chi connectivity index (χ3n) is 2.17. The zero-order valence-corrected chi connectivity index (χ0v) is 9.05. The molecule has 100 valence electrons. The quantitative estimate of drug-likeness (QED) is 0.858. The number of hydrogen-bond acceptors (Lipinski definition) is 2. The van der Waals surface area contributed by atoms with Crippen molar-refractivity contribution < 1.29 is 31.9 Å². The van der Waals surface area contributed by atoms with Gasteiger partial charge in [-0.15, -0.1) is 0 Å². The lowest BCUT2D eigenvalue weighted by atomic mass is 10.0. The number of aryl methyl sites for hydroxylation is 1. The molecule has 0 aliphatic rings. The van der Waals surface area contributed by atoms with Crippen molar-refractivity contribution in [1.29, 1.82) is 0 Å². The van der Waals surface area contributed by atoms with Crippen molar-refractivity contribution in [3.05, 3.63) is 28.6 Å². The lowest BCUT2D eigenvalue weighted by Crippen LogP contribution is -2.15. The normalized spacial score (nSPS) is 11.9. The van der Waals surface area contributed by atoms with Crippen LogP contribution in [0.3, 0.4) is 0 Å². The van der Waals surface area contributed by atoms with Gasteiger partial charge < -0.3 is 5.11 Å². The van der Waals surface area contributed by atoms with Crippen LogP contribution in [0, 0.1) is 6.92 Å². The zero-order chi connectivity index (χ0) is 14.1. The highest BCUT2D eigenvalue weighted by Crippen LogP contribution is 2.33. The molecule has 0 aliphatic heterocycles. The second kappa shape index (κ2) is 4.87. The topological polar surface area (TPSA) is 50.2 Å². The van der Waals surface area contributed by atoms with Crippen LogP contribution in [0.4, 0.5) is 22.0 Å². The summed E-state index contributed by atoms with van der Waals surface area (Å²) in [6, 6.07) is 0.479. The van der Waals surface area contributed by atoms with Crippen molar-refractivity contribution in [1.82, 2.24) is 4.98 Å². The molecular weight excluding hydrogens is 261 g/mol. The molecule has 8 heteroatoms. The van der Waals surface area contributed by atoms with Crippen molar-refractivity contribution in [3.8, 4) is 0 Å². The fourth-order valence-corrected chi connectivity index (χ4v) is 1.47. The molecule has 0 bridgehead atoms. The highest BCUT2D eigenvalue weighted by atomic mass is 19.4. The van der Waals surface area contributed by atoms with Crippen molar-refractivity contribution in [2.24, 2.45) is 0 Å². The van der Waals surface area contributed by atoms with Gasteiger partial charge in [0.2, 0.25) is 0 Å². The van der Waals surface area contributed by atoms with Crippen molar-refractivity contribution in [3.63, 3.8) is 0 Å². The molecule has 1 aromatic heterocycles. The van der Waals surface area contributed by atoms with E-state index in [1.54, 1.807) is 0 Å².